The summed E-state index contributed by atoms with van der Waals surface area (Å²) in [7, 11) is 3.38. The number of methoxy groups -OCH3 is 1. The second kappa shape index (κ2) is 7.05. The molecular weight excluding hydrogens is 324 g/mol. The fourth-order valence-corrected chi connectivity index (χ4v) is 3.61. The van der Waals surface area contributed by atoms with Gasteiger partial charge in [-0.1, -0.05) is 6.07 Å². The number of ether oxygens (including phenoxy) is 1. The molecule has 1 atom stereocenters. The molecule has 1 aromatic carbocycles. The standard InChI is InChI=1S/C18H20N2O3S/c1-19(10-13-6-7-24-12-13)18(22)14-8-17(21)20(11-14)15-4-3-5-16(9-15)23-2/h3-7,9,12,14H,8,10-11H2,1-2H3/t14-/m1/s1. The molecule has 2 heterocycles. The lowest BCUT2D eigenvalue weighted by Gasteiger charge is -2.21. The number of benzene rings is 1. The maximum atomic E-state index is 12.6. The van der Waals surface area contributed by atoms with E-state index in [1.165, 1.54) is 0 Å². The molecule has 2 aromatic rings. The zero-order valence-corrected chi connectivity index (χ0v) is 14.6. The van der Waals surface area contributed by atoms with E-state index in [-0.39, 0.29) is 24.2 Å². The fraction of sp³-hybridized carbons (Fsp3) is 0.333. The zero-order valence-electron chi connectivity index (χ0n) is 13.8. The highest BCUT2D eigenvalue weighted by Gasteiger charge is 2.36. The summed E-state index contributed by atoms with van der Waals surface area (Å²) >= 11 is 1.61. The molecule has 0 spiro atoms. The van der Waals surface area contributed by atoms with Crippen LogP contribution in [-0.4, -0.2) is 37.4 Å². The number of hydrogen-bond acceptors (Lipinski definition) is 4. The number of hydrogen-bond donors (Lipinski definition) is 0. The van der Waals surface area contributed by atoms with Crippen molar-refractivity contribution in [3.05, 3.63) is 46.7 Å². The van der Waals surface area contributed by atoms with E-state index in [9.17, 15) is 9.59 Å². The second-order valence-corrected chi connectivity index (χ2v) is 6.71. The highest BCUT2D eigenvalue weighted by molar-refractivity contribution is 7.07. The van der Waals surface area contributed by atoms with E-state index >= 15 is 0 Å². The lowest BCUT2D eigenvalue weighted by Crippen LogP contribution is -2.34. The average molecular weight is 344 g/mol. The molecule has 1 aromatic heterocycles. The van der Waals surface area contributed by atoms with Crippen molar-refractivity contribution < 1.29 is 14.3 Å². The maximum absolute atomic E-state index is 12.6. The van der Waals surface area contributed by atoms with Crippen LogP contribution < -0.4 is 9.64 Å². The lowest BCUT2D eigenvalue weighted by molar-refractivity contribution is -0.135. The van der Waals surface area contributed by atoms with E-state index in [1.54, 1.807) is 35.3 Å². The molecule has 0 unspecified atom stereocenters. The zero-order chi connectivity index (χ0) is 17.1. The molecule has 24 heavy (non-hydrogen) atoms. The SMILES string of the molecule is COc1cccc(N2C[C@H](C(=O)N(C)Cc3ccsc3)CC2=O)c1. The molecule has 1 aliphatic rings. The Kier molecular flexibility index (Phi) is 4.85. The molecule has 2 amide bonds. The van der Waals surface area contributed by atoms with Crippen molar-refractivity contribution in [2.75, 3.05) is 25.6 Å². The Hall–Kier alpha value is -2.34. The summed E-state index contributed by atoms with van der Waals surface area (Å²) in [6.07, 6.45) is 0.254. The van der Waals surface area contributed by atoms with Gasteiger partial charge in [-0.15, -0.1) is 0 Å². The van der Waals surface area contributed by atoms with Crippen LogP contribution in [0, 0.1) is 5.92 Å². The van der Waals surface area contributed by atoms with E-state index in [0.29, 0.717) is 18.8 Å². The van der Waals surface area contributed by atoms with Gasteiger partial charge in [0.1, 0.15) is 5.75 Å². The van der Waals surface area contributed by atoms with E-state index in [4.69, 9.17) is 4.74 Å². The Morgan fingerprint density at radius 3 is 2.96 bits per heavy atom. The Morgan fingerprint density at radius 1 is 1.42 bits per heavy atom. The van der Waals surface area contributed by atoms with Gasteiger partial charge in [0.25, 0.3) is 0 Å². The topological polar surface area (TPSA) is 49.9 Å². The van der Waals surface area contributed by atoms with Crippen LogP contribution in [0.2, 0.25) is 0 Å². The van der Waals surface area contributed by atoms with E-state index in [1.807, 2.05) is 41.1 Å². The molecule has 0 N–H and O–H groups in total. The quantitative estimate of drug-likeness (QED) is 0.838. The van der Waals surface area contributed by atoms with Crippen molar-refractivity contribution in [2.24, 2.45) is 5.92 Å². The van der Waals surface area contributed by atoms with Crippen LogP contribution in [0.25, 0.3) is 0 Å². The molecule has 0 bridgehead atoms. The Balaban J connectivity index is 1.68. The molecule has 0 saturated carbocycles. The van der Waals surface area contributed by atoms with Gasteiger partial charge in [0.2, 0.25) is 11.8 Å². The third-order valence-corrected chi connectivity index (χ3v) is 4.95. The van der Waals surface area contributed by atoms with Crippen LogP contribution in [0.5, 0.6) is 5.75 Å². The number of nitrogens with zero attached hydrogens (tertiary/aromatic N) is 2. The van der Waals surface area contributed by atoms with Gasteiger partial charge in [-0.3, -0.25) is 9.59 Å². The van der Waals surface area contributed by atoms with Gasteiger partial charge in [-0.2, -0.15) is 11.3 Å². The van der Waals surface area contributed by atoms with Gasteiger partial charge < -0.3 is 14.5 Å². The highest BCUT2D eigenvalue weighted by Crippen LogP contribution is 2.28. The van der Waals surface area contributed by atoms with Gasteiger partial charge >= 0.3 is 0 Å². The van der Waals surface area contributed by atoms with Crippen molar-refractivity contribution in [1.29, 1.82) is 0 Å². The summed E-state index contributed by atoms with van der Waals surface area (Å²) in [4.78, 5) is 28.4. The van der Waals surface area contributed by atoms with E-state index < -0.39 is 0 Å². The van der Waals surface area contributed by atoms with Crippen LogP contribution in [0.3, 0.4) is 0 Å². The smallest absolute Gasteiger partial charge is 0.228 e. The first-order valence-corrected chi connectivity index (χ1v) is 8.73. The minimum absolute atomic E-state index is 0.0138. The maximum Gasteiger partial charge on any atom is 0.228 e. The largest absolute Gasteiger partial charge is 0.497 e. The highest BCUT2D eigenvalue weighted by atomic mass is 32.1. The number of amides is 2. The van der Waals surface area contributed by atoms with Crippen molar-refractivity contribution in [3.8, 4) is 5.75 Å². The summed E-state index contributed by atoms with van der Waals surface area (Å²) in [5, 5.41) is 4.03. The Bertz CT molecular complexity index is 730. The molecule has 126 valence electrons. The van der Waals surface area contributed by atoms with Gasteiger partial charge in [0.05, 0.1) is 13.0 Å². The van der Waals surface area contributed by atoms with Crippen LogP contribution >= 0.6 is 11.3 Å². The Morgan fingerprint density at radius 2 is 2.25 bits per heavy atom. The van der Waals surface area contributed by atoms with Crippen molar-refractivity contribution in [1.82, 2.24) is 4.90 Å². The molecule has 0 aliphatic carbocycles. The third-order valence-electron chi connectivity index (χ3n) is 4.22. The second-order valence-electron chi connectivity index (χ2n) is 5.93. The summed E-state index contributed by atoms with van der Waals surface area (Å²) < 4.78 is 5.21. The van der Waals surface area contributed by atoms with Gasteiger partial charge in [0.15, 0.2) is 0 Å². The van der Waals surface area contributed by atoms with Gasteiger partial charge in [0, 0.05) is 38.3 Å². The van der Waals surface area contributed by atoms with Crippen LogP contribution in [-0.2, 0) is 16.1 Å². The van der Waals surface area contributed by atoms with Crippen LogP contribution in [0.15, 0.2) is 41.1 Å². The molecule has 5 nitrogen and oxygen atoms in total. The number of anilines is 1. The monoisotopic (exact) mass is 344 g/mol. The van der Waals surface area contributed by atoms with E-state index in [0.717, 1.165) is 11.3 Å². The number of rotatable bonds is 5. The molecule has 6 heteroatoms. The molecule has 3 rings (SSSR count). The first-order valence-electron chi connectivity index (χ1n) is 7.79. The Labute approximate surface area is 145 Å². The predicted octanol–water partition coefficient (Wildman–Crippen LogP) is 2.77. The minimum Gasteiger partial charge on any atom is -0.497 e. The molecule has 0 radical (unpaired) electrons. The number of carbonyl (C=O) groups excluding carboxylic acids is 2. The normalized spacial score (nSPS) is 17.2. The lowest BCUT2D eigenvalue weighted by atomic mass is 10.1. The molecule has 1 aliphatic heterocycles. The van der Waals surface area contributed by atoms with Crippen LogP contribution in [0.1, 0.15) is 12.0 Å². The summed E-state index contributed by atoms with van der Waals surface area (Å²) in [6, 6.07) is 9.37. The molecular formula is C18H20N2O3S. The first-order chi connectivity index (χ1) is 11.6. The third kappa shape index (κ3) is 3.43. The van der Waals surface area contributed by atoms with Crippen molar-refractivity contribution >= 4 is 28.8 Å². The molecule has 1 fully saturated rings. The average Bonchev–Trinajstić information content (AvgIpc) is 3.23. The summed E-state index contributed by atoms with van der Waals surface area (Å²) in [6.45, 7) is 0.991. The number of thiophene rings is 1. The van der Waals surface area contributed by atoms with Gasteiger partial charge in [-0.05, 0) is 34.5 Å². The number of carbonyl (C=O) groups is 2. The van der Waals surface area contributed by atoms with Crippen LogP contribution in [0.4, 0.5) is 5.69 Å². The van der Waals surface area contributed by atoms with Gasteiger partial charge in [-0.25, -0.2) is 0 Å². The van der Waals surface area contributed by atoms with E-state index in [2.05, 4.69) is 0 Å². The summed E-state index contributed by atoms with van der Waals surface area (Å²) in [5.41, 5.74) is 1.89. The minimum atomic E-state index is -0.299. The summed E-state index contributed by atoms with van der Waals surface area (Å²) in [5.74, 6) is 0.391. The van der Waals surface area contributed by atoms with Crippen molar-refractivity contribution in [3.63, 3.8) is 0 Å². The van der Waals surface area contributed by atoms with Crippen molar-refractivity contribution in [2.45, 2.75) is 13.0 Å². The molecule has 1 saturated heterocycles. The fourth-order valence-electron chi connectivity index (χ4n) is 2.95. The predicted molar refractivity (Wildman–Crippen MR) is 94.2 cm³/mol. The first kappa shape index (κ1) is 16.5.